The van der Waals surface area contributed by atoms with Crippen LogP contribution in [0, 0.1) is 6.92 Å². The summed E-state index contributed by atoms with van der Waals surface area (Å²) in [5.41, 5.74) is 1.77. The van der Waals surface area contributed by atoms with Crippen LogP contribution in [0.25, 0.3) is 0 Å². The number of thioether (sulfide) groups is 1. The molecular formula is C17H29IN4OS. The van der Waals surface area contributed by atoms with Gasteiger partial charge in [0.2, 0.25) is 0 Å². The number of aliphatic imine (C=N–C) groups is 1. The molecule has 24 heavy (non-hydrogen) atoms. The Bertz CT molecular complexity index is 549. The highest BCUT2D eigenvalue weighted by Crippen LogP contribution is 2.19. The van der Waals surface area contributed by atoms with E-state index in [-0.39, 0.29) is 34.6 Å². The first-order valence-electron chi connectivity index (χ1n) is 7.72. The van der Waals surface area contributed by atoms with Crippen molar-refractivity contribution in [1.82, 2.24) is 16.0 Å². The fourth-order valence-electron chi connectivity index (χ4n) is 1.83. The lowest BCUT2D eigenvalue weighted by Gasteiger charge is -2.23. The molecule has 0 unspecified atom stereocenters. The van der Waals surface area contributed by atoms with Crippen LogP contribution in [-0.4, -0.2) is 49.6 Å². The maximum Gasteiger partial charge on any atom is 0.251 e. The molecule has 0 heterocycles. The number of carbonyl (C=O) groups is 1. The highest BCUT2D eigenvalue weighted by atomic mass is 127. The Kier molecular flexibility index (Phi) is 11.1. The van der Waals surface area contributed by atoms with Gasteiger partial charge in [-0.3, -0.25) is 9.79 Å². The average molecular weight is 464 g/mol. The van der Waals surface area contributed by atoms with Crippen molar-refractivity contribution in [3.63, 3.8) is 0 Å². The number of carbonyl (C=O) groups excluding carboxylic acids is 1. The molecule has 0 spiro atoms. The smallest absolute Gasteiger partial charge is 0.251 e. The number of rotatable bonds is 7. The Morgan fingerprint density at radius 1 is 1.21 bits per heavy atom. The number of guanidine groups is 1. The van der Waals surface area contributed by atoms with Crippen LogP contribution in [0.3, 0.4) is 0 Å². The Balaban J connectivity index is 0.00000529. The van der Waals surface area contributed by atoms with Gasteiger partial charge in [-0.25, -0.2) is 0 Å². The summed E-state index contributed by atoms with van der Waals surface area (Å²) in [6, 6.07) is 7.57. The first kappa shape index (κ1) is 23.0. The van der Waals surface area contributed by atoms with Crippen molar-refractivity contribution in [3.8, 4) is 0 Å². The van der Waals surface area contributed by atoms with Crippen LogP contribution >= 0.6 is 35.7 Å². The van der Waals surface area contributed by atoms with Crippen molar-refractivity contribution in [3.05, 3.63) is 35.4 Å². The molecule has 0 aliphatic heterocycles. The van der Waals surface area contributed by atoms with Gasteiger partial charge in [-0.15, -0.1) is 24.0 Å². The number of amides is 1. The summed E-state index contributed by atoms with van der Waals surface area (Å²) in [6.45, 7) is 8.32. The van der Waals surface area contributed by atoms with E-state index < -0.39 is 0 Å². The van der Waals surface area contributed by atoms with Gasteiger partial charge in [-0.1, -0.05) is 17.7 Å². The van der Waals surface area contributed by atoms with Gasteiger partial charge in [0.15, 0.2) is 5.96 Å². The van der Waals surface area contributed by atoms with Crippen LogP contribution in [0.5, 0.6) is 0 Å². The molecule has 3 N–H and O–H groups in total. The molecule has 0 bridgehead atoms. The van der Waals surface area contributed by atoms with Crippen LogP contribution in [-0.2, 0) is 0 Å². The lowest BCUT2D eigenvalue weighted by atomic mass is 10.1. The lowest BCUT2D eigenvalue weighted by Crippen LogP contribution is -2.45. The molecule has 0 saturated heterocycles. The van der Waals surface area contributed by atoms with Gasteiger partial charge in [0.25, 0.3) is 5.91 Å². The molecule has 0 fully saturated rings. The Morgan fingerprint density at radius 3 is 2.46 bits per heavy atom. The highest BCUT2D eigenvalue weighted by Gasteiger charge is 2.15. The number of nitrogens with one attached hydrogen (secondary N) is 3. The van der Waals surface area contributed by atoms with Gasteiger partial charge in [0, 0.05) is 37.0 Å². The molecule has 1 aromatic rings. The Labute approximate surface area is 166 Å². The molecule has 0 atom stereocenters. The molecule has 136 valence electrons. The Hall–Kier alpha value is -0.960. The highest BCUT2D eigenvalue weighted by molar-refractivity contribution is 14.0. The molecule has 1 aromatic carbocycles. The summed E-state index contributed by atoms with van der Waals surface area (Å²) >= 11 is 1.81. The van der Waals surface area contributed by atoms with E-state index in [2.05, 4.69) is 41.0 Å². The zero-order valence-corrected chi connectivity index (χ0v) is 18.2. The van der Waals surface area contributed by atoms with Crippen LogP contribution in [0.4, 0.5) is 0 Å². The van der Waals surface area contributed by atoms with E-state index in [4.69, 9.17) is 0 Å². The second-order valence-electron chi connectivity index (χ2n) is 5.94. The van der Waals surface area contributed by atoms with E-state index >= 15 is 0 Å². The third-order valence-electron chi connectivity index (χ3n) is 3.44. The van der Waals surface area contributed by atoms with Crippen molar-refractivity contribution < 1.29 is 4.79 Å². The fourth-order valence-corrected chi connectivity index (χ4v) is 2.05. The molecule has 0 aliphatic carbocycles. The first-order chi connectivity index (χ1) is 10.9. The van der Waals surface area contributed by atoms with Gasteiger partial charge in [0.05, 0.1) is 0 Å². The SMILES string of the molecule is CN=C(NCCNC(=O)c1cccc(C)c1)NCC(C)(C)SC.I. The first-order valence-corrected chi connectivity index (χ1v) is 8.95. The standard InChI is InChI=1S/C17H28N4OS.HI/c1-13-7-6-8-14(11-13)15(22)19-9-10-20-16(18-4)21-12-17(2,3)23-5;/h6-8,11H,9-10,12H2,1-5H3,(H,19,22)(H2,18,20,21);1H. The van der Waals surface area contributed by atoms with E-state index in [9.17, 15) is 4.79 Å². The lowest BCUT2D eigenvalue weighted by molar-refractivity contribution is 0.0954. The molecule has 1 rings (SSSR count). The third kappa shape index (κ3) is 8.77. The van der Waals surface area contributed by atoms with Crippen LogP contribution in [0.2, 0.25) is 0 Å². The van der Waals surface area contributed by atoms with Crippen molar-refractivity contribution >= 4 is 47.6 Å². The number of benzene rings is 1. The largest absolute Gasteiger partial charge is 0.355 e. The van der Waals surface area contributed by atoms with Crippen LogP contribution in [0.1, 0.15) is 29.8 Å². The van der Waals surface area contributed by atoms with Crippen molar-refractivity contribution in [2.24, 2.45) is 4.99 Å². The van der Waals surface area contributed by atoms with Crippen molar-refractivity contribution in [2.75, 3.05) is 32.9 Å². The quantitative estimate of drug-likeness (QED) is 0.251. The summed E-state index contributed by atoms with van der Waals surface area (Å²) < 4.78 is 0.150. The zero-order chi connectivity index (χ0) is 17.3. The summed E-state index contributed by atoms with van der Waals surface area (Å²) in [4.78, 5) is 16.2. The number of aryl methyl sites for hydroxylation is 1. The van der Waals surface area contributed by atoms with Crippen LogP contribution < -0.4 is 16.0 Å². The molecule has 0 saturated carbocycles. The van der Waals surface area contributed by atoms with Gasteiger partial charge in [-0.05, 0) is 39.2 Å². The van der Waals surface area contributed by atoms with Crippen molar-refractivity contribution in [2.45, 2.75) is 25.5 Å². The minimum Gasteiger partial charge on any atom is -0.355 e. The Morgan fingerprint density at radius 2 is 1.88 bits per heavy atom. The van der Waals surface area contributed by atoms with E-state index in [1.807, 2.05) is 43.0 Å². The van der Waals surface area contributed by atoms with Gasteiger partial charge in [0.1, 0.15) is 0 Å². The van der Waals surface area contributed by atoms with E-state index in [0.717, 1.165) is 18.1 Å². The molecule has 7 heteroatoms. The summed E-state index contributed by atoms with van der Waals surface area (Å²) in [6.07, 6.45) is 2.10. The fraction of sp³-hybridized carbons (Fsp3) is 0.529. The topological polar surface area (TPSA) is 65.5 Å². The third-order valence-corrected chi connectivity index (χ3v) is 4.69. The van der Waals surface area contributed by atoms with Crippen molar-refractivity contribution in [1.29, 1.82) is 0 Å². The molecule has 1 amide bonds. The number of hydrogen-bond acceptors (Lipinski definition) is 3. The van der Waals surface area contributed by atoms with E-state index in [0.29, 0.717) is 18.7 Å². The summed E-state index contributed by atoms with van der Waals surface area (Å²) in [7, 11) is 1.74. The van der Waals surface area contributed by atoms with Gasteiger partial charge in [-0.2, -0.15) is 11.8 Å². The molecule has 5 nitrogen and oxygen atoms in total. The average Bonchev–Trinajstić information content (AvgIpc) is 2.54. The number of nitrogens with zero attached hydrogens (tertiary/aromatic N) is 1. The van der Waals surface area contributed by atoms with E-state index in [1.54, 1.807) is 7.05 Å². The zero-order valence-electron chi connectivity index (χ0n) is 15.1. The summed E-state index contributed by atoms with van der Waals surface area (Å²) in [5.74, 6) is 0.693. The normalized spacial score (nSPS) is 11.5. The van der Waals surface area contributed by atoms with Gasteiger partial charge < -0.3 is 16.0 Å². The minimum absolute atomic E-state index is 0. The molecular weight excluding hydrogens is 435 g/mol. The van der Waals surface area contributed by atoms with Gasteiger partial charge >= 0.3 is 0 Å². The molecule has 0 aromatic heterocycles. The number of hydrogen-bond donors (Lipinski definition) is 3. The predicted molar refractivity (Wildman–Crippen MR) is 116 cm³/mol. The van der Waals surface area contributed by atoms with E-state index in [1.165, 1.54) is 0 Å². The number of halogens is 1. The monoisotopic (exact) mass is 464 g/mol. The van der Waals surface area contributed by atoms with Crippen LogP contribution in [0.15, 0.2) is 29.3 Å². The minimum atomic E-state index is -0.0537. The second kappa shape index (κ2) is 11.6. The maximum atomic E-state index is 12.0. The molecule has 0 aliphatic rings. The predicted octanol–water partition coefficient (Wildman–Crippen LogP) is 2.65. The maximum absolute atomic E-state index is 12.0. The second-order valence-corrected chi connectivity index (χ2v) is 7.46. The molecule has 0 radical (unpaired) electrons. The summed E-state index contributed by atoms with van der Waals surface area (Å²) in [5, 5.41) is 9.39.